The second-order valence-corrected chi connectivity index (χ2v) is 6.15. The number of nitrogens with two attached hydrogens (primary N) is 1. The first-order valence-corrected chi connectivity index (χ1v) is 6.00. The lowest BCUT2D eigenvalue weighted by molar-refractivity contribution is 0.457. The predicted molar refractivity (Wildman–Crippen MR) is 69.2 cm³/mol. The van der Waals surface area contributed by atoms with Crippen LogP contribution in [-0.2, 0) is 0 Å². The fraction of sp³-hybridized carbons (Fsp3) is 0.583. The van der Waals surface area contributed by atoms with E-state index < -0.39 is 0 Å². The number of hydrogen-bond acceptors (Lipinski definition) is 4. The number of hydrogen-bond donors (Lipinski definition) is 3. The summed E-state index contributed by atoms with van der Waals surface area (Å²) in [6.45, 7) is 8.82. The fourth-order valence-electron chi connectivity index (χ4n) is 2.96. The van der Waals surface area contributed by atoms with Gasteiger partial charge in [0, 0.05) is 5.92 Å². The van der Waals surface area contributed by atoms with Gasteiger partial charge in [0.25, 0.3) is 5.56 Å². The molecular weight excluding hydrogens is 230 g/mol. The van der Waals surface area contributed by atoms with Crippen LogP contribution in [0.25, 0.3) is 11.2 Å². The number of nitrogens with one attached hydrogen (secondary N) is 2. The largest absolute Gasteiger partial charge is 0.369 e. The minimum atomic E-state index is -0.271. The molecule has 1 aliphatic carbocycles. The summed E-state index contributed by atoms with van der Waals surface area (Å²) in [4.78, 5) is 25.8. The molecule has 0 saturated heterocycles. The Hall–Kier alpha value is -1.85. The normalized spacial score (nSPS) is 21.3. The zero-order valence-corrected chi connectivity index (χ0v) is 11.0. The molecule has 0 atom stereocenters. The Morgan fingerprint density at radius 2 is 1.72 bits per heavy atom. The molecule has 2 aromatic rings. The first-order chi connectivity index (χ1) is 8.25. The number of nitrogen functional groups attached to an aromatic ring is 1. The van der Waals surface area contributed by atoms with Gasteiger partial charge in [0.1, 0.15) is 5.82 Å². The van der Waals surface area contributed by atoms with Crippen LogP contribution in [0.15, 0.2) is 4.79 Å². The minimum absolute atomic E-state index is 0.0971. The number of anilines is 1. The third kappa shape index (κ3) is 1.20. The number of nitrogens with zero attached hydrogens (tertiary/aromatic N) is 2. The molecule has 96 valence electrons. The lowest BCUT2D eigenvalue weighted by Crippen LogP contribution is -2.10. The molecule has 2 aromatic heterocycles. The SMILES string of the molecule is CC1(C)C(c2nc3nc(N)[nH]c(=O)c3[nH]2)C1(C)C. The van der Waals surface area contributed by atoms with Crippen LogP contribution in [0.4, 0.5) is 5.95 Å². The fourth-order valence-corrected chi connectivity index (χ4v) is 2.96. The van der Waals surface area contributed by atoms with Gasteiger partial charge in [-0.15, -0.1) is 0 Å². The Balaban J connectivity index is 2.17. The van der Waals surface area contributed by atoms with Crippen molar-refractivity contribution in [1.82, 2.24) is 19.9 Å². The summed E-state index contributed by atoms with van der Waals surface area (Å²) in [6, 6.07) is 0. The molecule has 18 heavy (non-hydrogen) atoms. The number of H-pyrrole nitrogens is 2. The highest BCUT2D eigenvalue weighted by Gasteiger charge is 2.66. The van der Waals surface area contributed by atoms with E-state index in [9.17, 15) is 4.79 Å². The van der Waals surface area contributed by atoms with Crippen LogP contribution in [0, 0.1) is 10.8 Å². The van der Waals surface area contributed by atoms with Gasteiger partial charge in [-0.05, 0) is 10.8 Å². The van der Waals surface area contributed by atoms with E-state index in [0.717, 1.165) is 5.82 Å². The summed E-state index contributed by atoms with van der Waals surface area (Å²) < 4.78 is 0. The van der Waals surface area contributed by atoms with Gasteiger partial charge >= 0.3 is 0 Å². The lowest BCUT2D eigenvalue weighted by atomic mass is 10.0. The summed E-state index contributed by atoms with van der Waals surface area (Å²) in [5, 5.41) is 0. The van der Waals surface area contributed by atoms with Crippen LogP contribution in [-0.4, -0.2) is 19.9 Å². The van der Waals surface area contributed by atoms with Crippen LogP contribution in [0.3, 0.4) is 0 Å². The van der Waals surface area contributed by atoms with Gasteiger partial charge in [0.05, 0.1) is 0 Å². The Bertz CT molecular complexity index is 680. The monoisotopic (exact) mass is 247 g/mol. The van der Waals surface area contributed by atoms with E-state index >= 15 is 0 Å². The lowest BCUT2D eigenvalue weighted by Gasteiger charge is -2.03. The number of fused-ring (bicyclic) bond motifs is 1. The number of aromatic nitrogens is 4. The van der Waals surface area contributed by atoms with Crippen LogP contribution in [0.2, 0.25) is 0 Å². The van der Waals surface area contributed by atoms with Crippen molar-refractivity contribution in [3.8, 4) is 0 Å². The maximum Gasteiger partial charge on any atom is 0.278 e. The Morgan fingerprint density at radius 3 is 2.28 bits per heavy atom. The summed E-state index contributed by atoms with van der Waals surface area (Å²) in [6.07, 6.45) is 0. The smallest absolute Gasteiger partial charge is 0.278 e. The molecule has 0 aliphatic heterocycles. The van der Waals surface area contributed by atoms with E-state index in [1.165, 1.54) is 0 Å². The van der Waals surface area contributed by atoms with E-state index in [-0.39, 0.29) is 22.3 Å². The molecule has 1 saturated carbocycles. The molecule has 2 heterocycles. The van der Waals surface area contributed by atoms with Gasteiger partial charge < -0.3 is 10.7 Å². The van der Waals surface area contributed by atoms with Gasteiger partial charge in [-0.2, -0.15) is 4.98 Å². The summed E-state index contributed by atoms with van der Waals surface area (Å²) >= 11 is 0. The molecule has 3 rings (SSSR count). The van der Waals surface area contributed by atoms with Crippen LogP contribution in [0.1, 0.15) is 39.4 Å². The summed E-state index contributed by atoms with van der Waals surface area (Å²) in [5.41, 5.74) is 6.37. The van der Waals surface area contributed by atoms with E-state index in [0.29, 0.717) is 17.1 Å². The Morgan fingerprint density at radius 1 is 1.11 bits per heavy atom. The zero-order valence-electron chi connectivity index (χ0n) is 11.0. The summed E-state index contributed by atoms with van der Waals surface area (Å²) in [7, 11) is 0. The van der Waals surface area contributed by atoms with Gasteiger partial charge in [0.15, 0.2) is 11.2 Å². The van der Waals surface area contributed by atoms with Gasteiger partial charge in [-0.25, -0.2) is 4.98 Å². The van der Waals surface area contributed by atoms with Crippen molar-refractivity contribution in [2.75, 3.05) is 5.73 Å². The first-order valence-electron chi connectivity index (χ1n) is 6.00. The number of imidazole rings is 1. The van der Waals surface area contributed by atoms with Crippen LogP contribution in [0.5, 0.6) is 0 Å². The quantitative estimate of drug-likeness (QED) is 0.708. The molecule has 0 spiro atoms. The molecule has 0 aromatic carbocycles. The predicted octanol–water partition coefficient (Wildman–Crippen LogP) is 1.38. The van der Waals surface area contributed by atoms with Crippen molar-refractivity contribution in [3.05, 3.63) is 16.2 Å². The second kappa shape index (κ2) is 2.93. The number of rotatable bonds is 1. The van der Waals surface area contributed by atoms with E-state index in [2.05, 4.69) is 47.6 Å². The van der Waals surface area contributed by atoms with E-state index in [1.54, 1.807) is 0 Å². The van der Waals surface area contributed by atoms with Crippen molar-refractivity contribution < 1.29 is 0 Å². The van der Waals surface area contributed by atoms with Gasteiger partial charge in [-0.1, -0.05) is 27.7 Å². The van der Waals surface area contributed by atoms with Crippen molar-refractivity contribution in [1.29, 1.82) is 0 Å². The van der Waals surface area contributed by atoms with Gasteiger partial charge in [0.2, 0.25) is 5.95 Å². The second-order valence-electron chi connectivity index (χ2n) is 6.15. The Labute approximate surface area is 104 Å². The van der Waals surface area contributed by atoms with Crippen molar-refractivity contribution in [2.45, 2.75) is 33.6 Å². The third-order valence-electron chi connectivity index (χ3n) is 4.69. The first kappa shape index (κ1) is 11.3. The maximum atomic E-state index is 11.7. The van der Waals surface area contributed by atoms with E-state index in [4.69, 9.17) is 5.73 Å². The molecule has 6 nitrogen and oxygen atoms in total. The molecule has 1 aliphatic rings. The van der Waals surface area contributed by atoms with Crippen LogP contribution >= 0.6 is 0 Å². The molecule has 0 amide bonds. The topological polar surface area (TPSA) is 100 Å². The molecule has 0 unspecified atom stereocenters. The number of aromatic amines is 2. The maximum absolute atomic E-state index is 11.7. The molecule has 0 radical (unpaired) electrons. The molecule has 6 heteroatoms. The van der Waals surface area contributed by atoms with Gasteiger partial charge in [-0.3, -0.25) is 9.78 Å². The van der Waals surface area contributed by atoms with Crippen molar-refractivity contribution in [2.24, 2.45) is 10.8 Å². The average Bonchev–Trinajstić information content (AvgIpc) is 2.57. The van der Waals surface area contributed by atoms with Crippen molar-refractivity contribution >= 4 is 17.1 Å². The zero-order chi connectivity index (χ0) is 13.3. The third-order valence-corrected chi connectivity index (χ3v) is 4.69. The van der Waals surface area contributed by atoms with Crippen LogP contribution < -0.4 is 11.3 Å². The molecule has 1 fully saturated rings. The molecular formula is C12H17N5O. The highest BCUT2D eigenvalue weighted by molar-refractivity contribution is 5.70. The average molecular weight is 247 g/mol. The standard InChI is InChI=1S/C12H17N5O/c1-11(2)6(12(11,3)4)8-14-5-7(15-8)16-10(13)17-9(5)18/h6H,1-4H3,(H4,13,14,15,16,17,18). The van der Waals surface area contributed by atoms with Crippen molar-refractivity contribution in [3.63, 3.8) is 0 Å². The minimum Gasteiger partial charge on any atom is -0.369 e. The summed E-state index contributed by atoms with van der Waals surface area (Å²) in [5.74, 6) is 1.23. The Kier molecular flexibility index (Phi) is 1.83. The molecule has 0 bridgehead atoms. The molecule has 4 N–H and O–H groups in total. The van der Waals surface area contributed by atoms with E-state index in [1.807, 2.05) is 0 Å². The highest BCUT2D eigenvalue weighted by Crippen LogP contribution is 2.73. The highest BCUT2D eigenvalue weighted by atomic mass is 16.1.